The Balaban J connectivity index is 2.61. The Hall–Kier alpha value is -0.810. The summed E-state index contributed by atoms with van der Waals surface area (Å²) in [5.41, 5.74) is -4.19. The fourth-order valence-corrected chi connectivity index (χ4v) is 4.39. The zero-order chi connectivity index (χ0) is 16.4. The van der Waals surface area contributed by atoms with Crippen LogP contribution in [0.4, 0.5) is 8.78 Å². The first-order valence-electron chi connectivity index (χ1n) is 6.72. The van der Waals surface area contributed by atoms with Crippen molar-refractivity contribution >= 4 is 34.3 Å². The Labute approximate surface area is 136 Å². The van der Waals surface area contributed by atoms with Crippen LogP contribution in [0.3, 0.4) is 0 Å². The molecular formula is C15H15BrF2O3P. The predicted octanol–water partition coefficient (Wildman–Crippen LogP) is 5.72. The minimum absolute atomic E-state index is 0.133. The van der Waals surface area contributed by atoms with E-state index in [-0.39, 0.29) is 17.7 Å². The number of hydrogen-bond acceptors (Lipinski definition) is 3. The van der Waals surface area contributed by atoms with Crippen LogP contribution in [0.25, 0.3) is 10.8 Å². The number of fused-ring (bicyclic) bond motifs is 1. The molecule has 0 aromatic heterocycles. The van der Waals surface area contributed by atoms with Gasteiger partial charge >= 0.3 is 13.3 Å². The van der Waals surface area contributed by atoms with Crippen LogP contribution in [0, 0.1) is 6.07 Å². The number of alkyl halides is 2. The molecule has 2 aromatic carbocycles. The molecule has 22 heavy (non-hydrogen) atoms. The van der Waals surface area contributed by atoms with Crippen LogP contribution in [0.5, 0.6) is 0 Å². The zero-order valence-corrected chi connectivity index (χ0v) is 14.6. The predicted molar refractivity (Wildman–Crippen MR) is 85.2 cm³/mol. The third-order valence-electron chi connectivity index (χ3n) is 3.04. The Kier molecular flexibility index (Phi) is 5.38. The summed E-state index contributed by atoms with van der Waals surface area (Å²) >= 11 is 3.13. The molecule has 0 spiro atoms. The van der Waals surface area contributed by atoms with Crippen molar-refractivity contribution in [3.63, 3.8) is 0 Å². The molecule has 0 atom stereocenters. The second-order valence-corrected chi connectivity index (χ2v) is 7.41. The van der Waals surface area contributed by atoms with E-state index in [0.29, 0.717) is 5.39 Å². The molecule has 119 valence electrons. The van der Waals surface area contributed by atoms with Crippen LogP contribution < -0.4 is 0 Å². The molecule has 0 fully saturated rings. The largest absolute Gasteiger partial charge is 0.404 e. The Morgan fingerprint density at radius 2 is 1.86 bits per heavy atom. The molecule has 0 aliphatic carbocycles. The lowest BCUT2D eigenvalue weighted by Crippen LogP contribution is -2.19. The van der Waals surface area contributed by atoms with E-state index in [9.17, 15) is 13.3 Å². The summed E-state index contributed by atoms with van der Waals surface area (Å²) in [5, 5.41) is 1.34. The molecule has 0 amide bonds. The minimum Gasteiger partial charge on any atom is -0.304 e. The molecule has 0 N–H and O–H groups in total. The highest BCUT2D eigenvalue weighted by Crippen LogP contribution is 2.67. The van der Waals surface area contributed by atoms with Crippen molar-refractivity contribution in [3.05, 3.63) is 46.4 Å². The molecule has 3 nitrogen and oxygen atoms in total. The van der Waals surface area contributed by atoms with Gasteiger partial charge < -0.3 is 9.05 Å². The lowest BCUT2D eigenvalue weighted by molar-refractivity contribution is 0.0356. The molecule has 0 saturated carbocycles. The van der Waals surface area contributed by atoms with Gasteiger partial charge in [-0.15, -0.1) is 0 Å². The van der Waals surface area contributed by atoms with Gasteiger partial charge in [-0.3, -0.25) is 4.57 Å². The van der Waals surface area contributed by atoms with E-state index in [4.69, 9.17) is 9.05 Å². The van der Waals surface area contributed by atoms with Gasteiger partial charge in [0.15, 0.2) is 0 Å². The average Bonchev–Trinajstić information content (AvgIpc) is 2.46. The molecular weight excluding hydrogens is 377 g/mol. The van der Waals surface area contributed by atoms with Crippen LogP contribution in [0.2, 0.25) is 0 Å². The van der Waals surface area contributed by atoms with E-state index in [1.54, 1.807) is 24.3 Å². The molecule has 2 rings (SSSR count). The topological polar surface area (TPSA) is 35.5 Å². The van der Waals surface area contributed by atoms with Crippen LogP contribution in [-0.4, -0.2) is 13.2 Å². The zero-order valence-electron chi connectivity index (χ0n) is 12.1. The van der Waals surface area contributed by atoms with Gasteiger partial charge in [0.1, 0.15) is 0 Å². The number of benzene rings is 2. The number of rotatable bonds is 6. The number of hydrogen-bond donors (Lipinski definition) is 0. The Morgan fingerprint density at radius 3 is 2.45 bits per heavy atom. The minimum atomic E-state index is -4.62. The van der Waals surface area contributed by atoms with E-state index >= 15 is 0 Å². The van der Waals surface area contributed by atoms with Crippen molar-refractivity contribution in [2.45, 2.75) is 19.5 Å². The maximum Gasteiger partial charge on any atom is 0.404 e. The van der Waals surface area contributed by atoms with E-state index in [2.05, 4.69) is 22.0 Å². The lowest BCUT2D eigenvalue weighted by atomic mass is 10.1. The second kappa shape index (κ2) is 6.75. The maximum absolute atomic E-state index is 14.8. The standard InChI is InChI=1S/C15H15BrF2O3P/c1-3-20-22(19,21-4-2)15(17,18)13-9-11-7-5-6-8-12(11)10-14(13)16/h6-10H,3-4H2,1-2H3. The third kappa shape index (κ3) is 3.11. The van der Waals surface area contributed by atoms with Crippen LogP contribution in [0.1, 0.15) is 19.4 Å². The van der Waals surface area contributed by atoms with E-state index in [1.165, 1.54) is 19.9 Å². The molecule has 0 saturated heterocycles. The molecule has 0 bridgehead atoms. The van der Waals surface area contributed by atoms with Crippen molar-refractivity contribution in [2.75, 3.05) is 13.2 Å². The fourth-order valence-electron chi connectivity index (χ4n) is 2.07. The summed E-state index contributed by atoms with van der Waals surface area (Å²) in [6.07, 6.45) is 0. The lowest BCUT2D eigenvalue weighted by Gasteiger charge is -2.26. The molecule has 7 heteroatoms. The van der Waals surface area contributed by atoms with Gasteiger partial charge in [0.05, 0.1) is 13.2 Å². The average molecular weight is 392 g/mol. The summed E-state index contributed by atoms with van der Waals surface area (Å²) in [6, 6.07) is 10.7. The Bertz CT molecular complexity index is 711. The second-order valence-electron chi connectivity index (χ2n) is 4.48. The van der Waals surface area contributed by atoms with Crippen molar-refractivity contribution < 1.29 is 22.4 Å². The van der Waals surface area contributed by atoms with Crippen molar-refractivity contribution in [1.29, 1.82) is 0 Å². The highest BCUT2D eigenvalue weighted by Gasteiger charge is 2.55. The summed E-state index contributed by atoms with van der Waals surface area (Å²) in [5.74, 6) is 0. The highest BCUT2D eigenvalue weighted by molar-refractivity contribution is 9.10. The van der Waals surface area contributed by atoms with Crippen molar-refractivity contribution in [2.24, 2.45) is 0 Å². The normalized spacial score (nSPS) is 12.8. The van der Waals surface area contributed by atoms with E-state index in [0.717, 1.165) is 5.39 Å². The summed E-state index contributed by atoms with van der Waals surface area (Å²) in [4.78, 5) is 0. The van der Waals surface area contributed by atoms with Gasteiger partial charge in [0.25, 0.3) is 0 Å². The summed E-state index contributed by atoms with van der Waals surface area (Å²) in [6.45, 7) is 2.72. The van der Waals surface area contributed by atoms with Gasteiger partial charge in [0, 0.05) is 10.0 Å². The van der Waals surface area contributed by atoms with Crippen LogP contribution >= 0.6 is 23.5 Å². The first-order chi connectivity index (χ1) is 10.4. The molecule has 0 aliphatic rings. The van der Waals surface area contributed by atoms with Crippen molar-refractivity contribution in [1.82, 2.24) is 0 Å². The van der Waals surface area contributed by atoms with E-state index < -0.39 is 18.8 Å². The van der Waals surface area contributed by atoms with Crippen molar-refractivity contribution in [3.8, 4) is 0 Å². The monoisotopic (exact) mass is 391 g/mol. The molecule has 2 aromatic rings. The third-order valence-corrected chi connectivity index (χ3v) is 5.82. The van der Waals surface area contributed by atoms with Gasteiger partial charge in [-0.25, -0.2) is 0 Å². The number of halogens is 3. The summed E-state index contributed by atoms with van der Waals surface area (Å²) in [7, 11) is -4.62. The fraction of sp³-hybridized carbons (Fsp3) is 0.333. The SMILES string of the molecule is CCOP(=O)(OCC)C(F)(F)c1cc2c[c]ccc2cc1Br. The first kappa shape index (κ1) is 17.5. The first-order valence-corrected chi connectivity index (χ1v) is 9.06. The smallest absolute Gasteiger partial charge is 0.304 e. The molecule has 1 radical (unpaired) electrons. The highest BCUT2D eigenvalue weighted by atomic mass is 79.9. The maximum atomic E-state index is 14.8. The molecule has 0 aliphatic heterocycles. The molecule has 0 heterocycles. The van der Waals surface area contributed by atoms with Gasteiger partial charge in [-0.2, -0.15) is 8.78 Å². The molecule has 0 unspecified atom stereocenters. The van der Waals surface area contributed by atoms with Crippen LogP contribution in [0.15, 0.2) is 34.8 Å². The van der Waals surface area contributed by atoms with Crippen LogP contribution in [-0.2, 0) is 19.3 Å². The summed E-state index contributed by atoms with van der Waals surface area (Å²) < 4.78 is 51.9. The van der Waals surface area contributed by atoms with Gasteiger partial charge in [-0.05, 0) is 48.9 Å². The Morgan fingerprint density at radius 1 is 1.23 bits per heavy atom. The van der Waals surface area contributed by atoms with E-state index in [1.807, 2.05) is 0 Å². The van der Waals surface area contributed by atoms with Gasteiger partial charge in [-0.1, -0.05) is 28.1 Å². The quantitative estimate of drug-likeness (QED) is 0.590. The van der Waals surface area contributed by atoms with Gasteiger partial charge in [0.2, 0.25) is 0 Å².